The zero-order valence-electron chi connectivity index (χ0n) is 13.0. The van der Waals surface area contributed by atoms with E-state index < -0.39 is 10.0 Å². The molecule has 0 aliphatic rings. The van der Waals surface area contributed by atoms with E-state index in [1.54, 1.807) is 16.8 Å². The molecule has 3 aromatic rings. The Morgan fingerprint density at radius 2 is 1.80 bits per heavy atom. The van der Waals surface area contributed by atoms with Crippen molar-refractivity contribution in [3.63, 3.8) is 0 Å². The van der Waals surface area contributed by atoms with Gasteiger partial charge >= 0.3 is 0 Å². The number of nitrogens with zero attached hydrogens (tertiary/aromatic N) is 5. The standard InChI is InChI=1S/C16H14N6O2S/c17-21-19-11-13-10-16(12-4-2-1-3-5-12)22(20-13)14-6-8-15(9-7-14)25(18,23)24/h1-10H,11H2,(H2,18,23,24). The van der Waals surface area contributed by atoms with Gasteiger partial charge in [-0.15, -0.1) is 0 Å². The van der Waals surface area contributed by atoms with Crippen LogP contribution in [0.5, 0.6) is 0 Å². The van der Waals surface area contributed by atoms with Gasteiger partial charge in [0, 0.05) is 10.5 Å². The number of benzene rings is 2. The summed E-state index contributed by atoms with van der Waals surface area (Å²) in [6.07, 6.45) is 0. The highest BCUT2D eigenvalue weighted by Gasteiger charge is 2.13. The first-order chi connectivity index (χ1) is 12.0. The van der Waals surface area contributed by atoms with Crippen LogP contribution >= 0.6 is 0 Å². The summed E-state index contributed by atoms with van der Waals surface area (Å²) < 4.78 is 24.5. The topological polar surface area (TPSA) is 127 Å². The fraction of sp³-hybridized carbons (Fsp3) is 0.0625. The predicted octanol–water partition coefficient (Wildman–Crippen LogP) is 3.00. The summed E-state index contributed by atoms with van der Waals surface area (Å²) in [5.41, 5.74) is 11.5. The zero-order chi connectivity index (χ0) is 17.9. The van der Waals surface area contributed by atoms with Crippen LogP contribution in [0.15, 0.2) is 70.7 Å². The number of azide groups is 1. The van der Waals surface area contributed by atoms with E-state index in [0.717, 1.165) is 11.3 Å². The van der Waals surface area contributed by atoms with E-state index in [4.69, 9.17) is 10.7 Å². The molecule has 2 N–H and O–H groups in total. The second-order valence-corrected chi connectivity index (χ2v) is 6.79. The number of primary sulfonamides is 1. The average molecular weight is 354 g/mol. The van der Waals surface area contributed by atoms with Crippen molar-refractivity contribution in [2.75, 3.05) is 0 Å². The van der Waals surface area contributed by atoms with Gasteiger partial charge in [-0.05, 0) is 35.9 Å². The second kappa shape index (κ2) is 6.78. The first kappa shape index (κ1) is 16.7. The Bertz CT molecular complexity index is 1040. The second-order valence-electron chi connectivity index (χ2n) is 5.23. The third-order valence-corrected chi connectivity index (χ3v) is 4.46. The fourth-order valence-corrected chi connectivity index (χ4v) is 2.92. The van der Waals surface area contributed by atoms with Crippen molar-refractivity contribution >= 4 is 10.0 Å². The minimum atomic E-state index is -3.76. The van der Waals surface area contributed by atoms with Crippen LogP contribution < -0.4 is 5.14 Å². The molecule has 0 aliphatic carbocycles. The summed E-state index contributed by atoms with van der Waals surface area (Å²) >= 11 is 0. The Morgan fingerprint density at radius 1 is 1.12 bits per heavy atom. The molecular weight excluding hydrogens is 340 g/mol. The third kappa shape index (κ3) is 3.69. The molecule has 1 aromatic heterocycles. The summed E-state index contributed by atoms with van der Waals surface area (Å²) in [6.45, 7) is 0.124. The highest BCUT2D eigenvalue weighted by molar-refractivity contribution is 7.89. The molecule has 0 fully saturated rings. The normalized spacial score (nSPS) is 11.1. The van der Waals surface area contributed by atoms with Crippen molar-refractivity contribution in [1.82, 2.24) is 9.78 Å². The first-order valence-electron chi connectivity index (χ1n) is 7.27. The number of aromatic nitrogens is 2. The number of hydrogen-bond acceptors (Lipinski definition) is 4. The van der Waals surface area contributed by atoms with Crippen LogP contribution in [0.25, 0.3) is 27.4 Å². The molecule has 25 heavy (non-hydrogen) atoms. The van der Waals surface area contributed by atoms with E-state index in [1.807, 2.05) is 36.4 Å². The summed E-state index contributed by atoms with van der Waals surface area (Å²) in [6, 6.07) is 17.5. The molecule has 0 amide bonds. The maximum Gasteiger partial charge on any atom is 0.238 e. The molecule has 0 bridgehead atoms. The molecule has 0 saturated heterocycles. The van der Waals surface area contributed by atoms with Gasteiger partial charge in [-0.25, -0.2) is 18.2 Å². The monoisotopic (exact) mass is 354 g/mol. The Balaban J connectivity index is 2.10. The highest BCUT2D eigenvalue weighted by atomic mass is 32.2. The molecule has 0 spiro atoms. The van der Waals surface area contributed by atoms with Gasteiger partial charge in [0.25, 0.3) is 0 Å². The van der Waals surface area contributed by atoms with Gasteiger partial charge in [0.2, 0.25) is 10.0 Å². The molecule has 126 valence electrons. The van der Waals surface area contributed by atoms with E-state index in [1.165, 1.54) is 12.1 Å². The van der Waals surface area contributed by atoms with Gasteiger partial charge in [0.15, 0.2) is 0 Å². The van der Waals surface area contributed by atoms with E-state index in [0.29, 0.717) is 11.4 Å². The molecule has 0 atom stereocenters. The lowest BCUT2D eigenvalue weighted by Gasteiger charge is -2.08. The average Bonchev–Trinajstić information content (AvgIpc) is 3.04. The Morgan fingerprint density at radius 3 is 2.40 bits per heavy atom. The summed E-state index contributed by atoms with van der Waals surface area (Å²) in [5, 5.41) is 13.1. The van der Waals surface area contributed by atoms with E-state index in [2.05, 4.69) is 15.1 Å². The van der Waals surface area contributed by atoms with Crippen molar-refractivity contribution in [3.05, 3.63) is 76.8 Å². The first-order valence-corrected chi connectivity index (χ1v) is 8.82. The molecular formula is C16H14N6O2S. The van der Waals surface area contributed by atoms with Crippen LogP contribution in [0, 0.1) is 0 Å². The minimum Gasteiger partial charge on any atom is -0.233 e. The zero-order valence-corrected chi connectivity index (χ0v) is 13.8. The molecule has 1 heterocycles. The maximum atomic E-state index is 11.4. The van der Waals surface area contributed by atoms with Gasteiger partial charge in [-0.1, -0.05) is 35.4 Å². The van der Waals surface area contributed by atoms with E-state index >= 15 is 0 Å². The van der Waals surface area contributed by atoms with Crippen LogP contribution in [0.1, 0.15) is 5.69 Å². The quantitative estimate of drug-likeness (QED) is 0.430. The van der Waals surface area contributed by atoms with Gasteiger partial charge in [-0.3, -0.25) is 0 Å². The van der Waals surface area contributed by atoms with Crippen molar-refractivity contribution in [2.24, 2.45) is 10.3 Å². The molecule has 0 unspecified atom stereocenters. The maximum absolute atomic E-state index is 11.4. The molecule has 2 aromatic carbocycles. The molecule has 9 heteroatoms. The Labute approximate surface area is 144 Å². The molecule has 8 nitrogen and oxygen atoms in total. The fourth-order valence-electron chi connectivity index (χ4n) is 2.40. The van der Waals surface area contributed by atoms with E-state index in [-0.39, 0.29) is 11.4 Å². The van der Waals surface area contributed by atoms with Crippen LogP contribution in [-0.2, 0) is 16.6 Å². The highest BCUT2D eigenvalue weighted by Crippen LogP contribution is 2.25. The van der Waals surface area contributed by atoms with Crippen molar-refractivity contribution in [2.45, 2.75) is 11.4 Å². The SMILES string of the molecule is [N-]=[N+]=NCc1cc(-c2ccccc2)n(-c2ccc(S(N)(=O)=O)cc2)n1. The Hall–Kier alpha value is -3.13. The third-order valence-electron chi connectivity index (χ3n) is 3.54. The molecule has 0 saturated carbocycles. The number of hydrogen-bond donors (Lipinski definition) is 1. The van der Waals surface area contributed by atoms with Crippen LogP contribution in [0.4, 0.5) is 0 Å². The van der Waals surface area contributed by atoms with Gasteiger partial charge < -0.3 is 0 Å². The number of nitrogens with two attached hydrogens (primary N) is 1. The Kier molecular flexibility index (Phi) is 4.53. The number of rotatable bonds is 5. The molecule has 0 radical (unpaired) electrons. The van der Waals surface area contributed by atoms with Crippen LogP contribution in [0.2, 0.25) is 0 Å². The minimum absolute atomic E-state index is 0.0268. The van der Waals surface area contributed by atoms with Crippen LogP contribution in [-0.4, -0.2) is 18.2 Å². The molecule has 3 rings (SSSR count). The lowest BCUT2D eigenvalue weighted by molar-refractivity contribution is 0.598. The van der Waals surface area contributed by atoms with Crippen LogP contribution in [0.3, 0.4) is 0 Å². The smallest absolute Gasteiger partial charge is 0.233 e. The van der Waals surface area contributed by atoms with Crippen molar-refractivity contribution in [3.8, 4) is 16.9 Å². The van der Waals surface area contributed by atoms with Gasteiger partial charge in [0.1, 0.15) is 0 Å². The summed E-state index contributed by atoms with van der Waals surface area (Å²) in [4.78, 5) is 2.78. The summed E-state index contributed by atoms with van der Waals surface area (Å²) in [5.74, 6) is 0. The van der Waals surface area contributed by atoms with Gasteiger partial charge in [0.05, 0.1) is 28.5 Å². The lowest BCUT2D eigenvalue weighted by atomic mass is 10.1. The molecule has 0 aliphatic heterocycles. The number of sulfonamides is 1. The van der Waals surface area contributed by atoms with E-state index in [9.17, 15) is 8.42 Å². The lowest BCUT2D eigenvalue weighted by Crippen LogP contribution is -2.12. The predicted molar refractivity (Wildman–Crippen MR) is 93.2 cm³/mol. The largest absolute Gasteiger partial charge is 0.238 e. The van der Waals surface area contributed by atoms with Gasteiger partial charge in [-0.2, -0.15) is 5.10 Å². The summed E-state index contributed by atoms with van der Waals surface area (Å²) in [7, 11) is -3.76. The van der Waals surface area contributed by atoms with Crippen molar-refractivity contribution in [1.29, 1.82) is 0 Å². The van der Waals surface area contributed by atoms with Crippen molar-refractivity contribution < 1.29 is 8.42 Å².